The Kier molecular flexibility index (Phi) is 6.85. The maximum atomic E-state index is 12.4. The summed E-state index contributed by atoms with van der Waals surface area (Å²) in [4.78, 5) is 26.8. The van der Waals surface area contributed by atoms with E-state index in [-0.39, 0.29) is 18.4 Å². The molecule has 0 unspecified atom stereocenters. The Morgan fingerprint density at radius 2 is 1.55 bits per heavy atom. The number of hydrogen-bond donors (Lipinski definition) is 3. The highest BCUT2D eigenvalue weighted by atomic mass is 16.2. The zero-order valence-electron chi connectivity index (χ0n) is 17.3. The first-order chi connectivity index (χ1) is 13.9. The Hall–Kier alpha value is -2.90. The quantitative estimate of drug-likeness (QED) is 0.699. The molecule has 7 nitrogen and oxygen atoms in total. The van der Waals surface area contributed by atoms with Crippen LogP contribution in [0.15, 0.2) is 42.5 Å². The van der Waals surface area contributed by atoms with Crippen molar-refractivity contribution >= 4 is 23.2 Å². The van der Waals surface area contributed by atoms with E-state index >= 15 is 0 Å². The second-order valence-corrected chi connectivity index (χ2v) is 7.51. The molecule has 7 heteroatoms. The number of anilines is 2. The highest BCUT2D eigenvalue weighted by molar-refractivity contribution is 5.96. The van der Waals surface area contributed by atoms with Crippen molar-refractivity contribution < 1.29 is 9.59 Å². The van der Waals surface area contributed by atoms with Crippen molar-refractivity contribution in [3.63, 3.8) is 0 Å². The van der Waals surface area contributed by atoms with Gasteiger partial charge in [0.05, 0.1) is 6.54 Å². The predicted molar refractivity (Wildman–Crippen MR) is 116 cm³/mol. The van der Waals surface area contributed by atoms with E-state index in [1.807, 2.05) is 30.1 Å². The Labute approximate surface area is 172 Å². The molecule has 0 atom stereocenters. The van der Waals surface area contributed by atoms with E-state index in [0.29, 0.717) is 11.3 Å². The van der Waals surface area contributed by atoms with Gasteiger partial charge in [0.1, 0.15) is 0 Å². The fourth-order valence-electron chi connectivity index (χ4n) is 3.07. The van der Waals surface area contributed by atoms with Gasteiger partial charge in [-0.15, -0.1) is 0 Å². The predicted octanol–water partition coefficient (Wildman–Crippen LogP) is 2.25. The first kappa shape index (κ1) is 20.8. The molecular weight excluding hydrogens is 366 g/mol. The van der Waals surface area contributed by atoms with Crippen LogP contribution in [0.3, 0.4) is 0 Å². The summed E-state index contributed by atoms with van der Waals surface area (Å²) < 4.78 is 0. The van der Waals surface area contributed by atoms with Gasteiger partial charge in [-0.1, -0.05) is 6.07 Å². The minimum Gasteiger partial charge on any atom is -0.376 e. The van der Waals surface area contributed by atoms with Gasteiger partial charge in [0.25, 0.3) is 5.91 Å². The van der Waals surface area contributed by atoms with Crippen LogP contribution in [0.2, 0.25) is 0 Å². The molecule has 2 aromatic rings. The summed E-state index contributed by atoms with van der Waals surface area (Å²) in [6.07, 6.45) is 0. The number of carbonyl (C=O) groups is 2. The second kappa shape index (κ2) is 9.54. The van der Waals surface area contributed by atoms with Crippen molar-refractivity contribution in [3.8, 4) is 0 Å². The van der Waals surface area contributed by atoms with Crippen LogP contribution >= 0.6 is 0 Å². The highest BCUT2D eigenvalue weighted by Gasteiger charge is 2.16. The number of aryl methyl sites for hydroxylation is 2. The topological polar surface area (TPSA) is 76.7 Å². The zero-order valence-corrected chi connectivity index (χ0v) is 17.3. The van der Waals surface area contributed by atoms with Gasteiger partial charge in [0.15, 0.2) is 0 Å². The molecule has 1 fully saturated rings. The number of carbonyl (C=O) groups excluding carboxylic acids is 2. The van der Waals surface area contributed by atoms with Crippen LogP contribution in [0.5, 0.6) is 0 Å². The number of likely N-dealkylation sites (N-methyl/N-ethyl adjacent to an activating group) is 1. The van der Waals surface area contributed by atoms with E-state index in [2.05, 4.69) is 34.9 Å². The average molecular weight is 396 g/mol. The molecule has 3 rings (SSSR count). The third kappa shape index (κ3) is 6.04. The van der Waals surface area contributed by atoms with Crippen molar-refractivity contribution in [2.24, 2.45) is 0 Å². The molecule has 154 valence electrons. The van der Waals surface area contributed by atoms with E-state index < -0.39 is 0 Å². The Bertz CT molecular complexity index is 858. The summed E-state index contributed by atoms with van der Waals surface area (Å²) in [5, 5.41) is 7.91. The standard InChI is InChI=1S/C22H29N5O2/c1-16-4-7-20(14-17(16)2)23-15-21(28)24-19-8-5-18(6-9-19)22(29)25-27-12-10-26(3)11-13-27/h4-9,14,23H,10-13,15H2,1-3H3,(H,24,28)(H,25,29). The number of piperazine rings is 1. The summed E-state index contributed by atoms with van der Waals surface area (Å²) in [6, 6.07) is 12.9. The molecule has 2 amide bonds. The SMILES string of the molecule is Cc1ccc(NCC(=O)Nc2ccc(C(=O)NN3CCN(C)CC3)cc2)cc1C. The average Bonchev–Trinajstić information content (AvgIpc) is 2.71. The first-order valence-corrected chi connectivity index (χ1v) is 9.86. The summed E-state index contributed by atoms with van der Waals surface area (Å²) in [5.41, 5.74) is 7.47. The lowest BCUT2D eigenvalue weighted by molar-refractivity contribution is -0.114. The van der Waals surface area contributed by atoms with Crippen molar-refractivity contribution in [2.75, 3.05) is 50.4 Å². The van der Waals surface area contributed by atoms with Gasteiger partial charge in [-0.05, 0) is 68.4 Å². The Morgan fingerprint density at radius 3 is 2.21 bits per heavy atom. The molecule has 1 aliphatic rings. The molecule has 0 radical (unpaired) electrons. The van der Waals surface area contributed by atoms with Gasteiger partial charge in [-0.25, -0.2) is 5.01 Å². The minimum atomic E-state index is -0.141. The van der Waals surface area contributed by atoms with Gasteiger partial charge in [-0.2, -0.15) is 0 Å². The largest absolute Gasteiger partial charge is 0.376 e. The summed E-state index contributed by atoms with van der Waals surface area (Å²) in [5.74, 6) is -0.276. The highest BCUT2D eigenvalue weighted by Crippen LogP contribution is 2.14. The maximum absolute atomic E-state index is 12.4. The summed E-state index contributed by atoms with van der Waals surface area (Å²) >= 11 is 0. The third-order valence-corrected chi connectivity index (χ3v) is 5.15. The number of nitrogens with one attached hydrogen (secondary N) is 3. The molecule has 0 aliphatic carbocycles. The number of hydrazine groups is 1. The van der Waals surface area contributed by atoms with E-state index in [4.69, 9.17) is 0 Å². The smallest absolute Gasteiger partial charge is 0.265 e. The summed E-state index contributed by atoms with van der Waals surface area (Å²) in [7, 11) is 2.07. The van der Waals surface area contributed by atoms with E-state index in [1.165, 1.54) is 11.1 Å². The molecule has 3 N–H and O–H groups in total. The van der Waals surface area contributed by atoms with Gasteiger partial charge >= 0.3 is 0 Å². The van der Waals surface area contributed by atoms with Crippen LogP contribution in [0.1, 0.15) is 21.5 Å². The number of nitrogens with zero attached hydrogens (tertiary/aromatic N) is 2. The molecule has 1 aliphatic heterocycles. The normalized spacial score (nSPS) is 15.0. The third-order valence-electron chi connectivity index (χ3n) is 5.15. The number of amides is 2. The molecule has 0 spiro atoms. The van der Waals surface area contributed by atoms with E-state index in [9.17, 15) is 9.59 Å². The van der Waals surface area contributed by atoms with Crippen LogP contribution in [0.25, 0.3) is 0 Å². The van der Waals surface area contributed by atoms with Gasteiger partial charge < -0.3 is 15.5 Å². The lowest BCUT2D eigenvalue weighted by Crippen LogP contribution is -2.52. The van der Waals surface area contributed by atoms with E-state index in [0.717, 1.165) is 31.9 Å². The molecule has 0 bridgehead atoms. The van der Waals surface area contributed by atoms with Gasteiger partial charge in [0, 0.05) is 43.1 Å². The van der Waals surface area contributed by atoms with Crippen molar-refractivity contribution in [1.82, 2.24) is 15.3 Å². The van der Waals surface area contributed by atoms with Crippen LogP contribution in [0.4, 0.5) is 11.4 Å². The maximum Gasteiger partial charge on any atom is 0.265 e. The van der Waals surface area contributed by atoms with Crippen LogP contribution in [-0.2, 0) is 4.79 Å². The molecule has 1 heterocycles. The fraction of sp³-hybridized carbons (Fsp3) is 0.364. The van der Waals surface area contributed by atoms with Gasteiger partial charge in [0.2, 0.25) is 5.91 Å². The molecule has 0 aromatic heterocycles. The minimum absolute atomic E-state index is 0.135. The van der Waals surface area contributed by atoms with E-state index in [1.54, 1.807) is 24.3 Å². The lowest BCUT2D eigenvalue weighted by Gasteiger charge is -2.32. The lowest BCUT2D eigenvalue weighted by atomic mass is 10.1. The van der Waals surface area contributed by atoms with Crippen molar-refractivity contribution in [3.05, 3.63) is 59.2 Å². The second-order valence-electron chi connectivity index (χ2n) is 7.51. The Balaban J connectivity index is 1.47. The van der Waals surface area contributed by atoms with Crippen molar-refractivity contribution in [2.45, 2.75) is 13.8 Å². The monoisotopic (exact) mass is 395 g/mol. The number of hydrogen-bond acceptors (Lipinski definition) is 5. The molecule has 29 heavy (non-hydrogen) atoms. The molecular formula is C22H29N5O2. The Morgan fingerprint density at radius 1 is 0.897 bits per heavy atom. The van der Waals surface area contributed by atoms with Crippen LogP contribution in [-0.4, -0.2) is 61.5 Å². The number of rotatable bonds is 6. The number of benzene rings is 2. The zero-order chi connectivity index (χ0) is 20.8. The van der Waals surface area contributed by atoms with Crippen LogP contribution < -0.4 is 16.1 Å². The molecule has 1 saturated heterocycles. The molecule has 0 saturated carbocycles. The van der Waals surface area contributed by atoms with Gasteiger partial charge in [-0.3, -0.25) is 15.0 Å². The summed E-state index contributed by atoms with van der Waals surface area (Å²) in [6.45, 7) is 7.76. The van der Waals surface area contributed by atoms with Crippen molar-refractivity contribution in [1.29, 1.82) is 0 Å². The van der Waals surface area contributed by atoms with Crippen LogP contribution in [0, 0.1) is 13.8 Å². The first-order valence-electron chi connectivity index (χ1n) is 9.86. The molecule has 2 aromatic carbocycles. The fourth-order valence-corrected chi connectivity index (χ4v) is 3.07.